The van der Waals surface area contributed by atoms with Crippen molar-refractivity contribution in [2.24, 2.45) is 4.99 Å². The summed E-state index contributed by atoms with van der Waals surface area (Å²) in [5.74, 6) is 0.499. The van der Waals surface area contributed by atoms with E-state index in [1.807, 2.05) is 66.7 Å². The summed E-state index contributed by atoms with van der Waals surface area (Å²) in [6.07, 6.45) is 0. The number of hydrogen-bond acceptors (Lipinski definition) is 2. The highest BCUT2D eigenvalue weighted by molar-refractivity contribution is 9.10. The lowest BCUT2D eigenvalue weighted by Crippen LogP contribution is -2.51. The maximum atomic E-state index is 12.7. The Kier molecular flexibility index (Phi) is 4.21. The predicted octanol–water partition coefficient (Wildman–Crippen LogP) is 5.23. The molecule has 0 bridgehead atoms. The molecule has 4 heteroatoms. The van der Waals surface area contributed by atoms with Crippen molar-refractivity contribution in [3.8, 4) is 0 Å². The predicted molar refractivity (Wildman–Crippen MR) is 108 cm³/mol. The second kappa shape index (κ2) is 6.54. The first-order chi connectivity index (χ1) is 12.6. The molecule has 4 rings (SSSR count). The fraction of sp³-hybridized carbons (Fsp3) is 0.0909. The van der Waals surface area contributed by atoms with Crippen molar-refractivity contribution in [2.75, 3.05) is 0 Å². The van der Waals surface area contributed by atoms with Crippen LogP contribution in [0.3, 0.4) is 0 Å². The van der Waals surface area contributed by atoms with Gasteiger partial charge in [-0.3, -0.25) is 4.79 Å². The van der Waals surface area contributed by atoms with Gasteiger partial charge in [-0.25, -0.2) is 4.99 Å². The number of carbonyl (C=O) groups excluding carboxylic acids is 1. The molecule has 3 nitrogen and oxygen atoms in total. The minimum absolute atomic E-state index is 0.125. The summed E-state index contributed by atoms with van der Waals surface area (Å²) in [7, 11) is 0. The number of amidine groups is 1. The van der Waals surface area contributed by atoms with Crippen LogP contribution in [0, 0.1) is 0 Å². The molecule has 1 aliphatic rings. The first-order valence-corrected chi connectivity index (χ1v) is 9.20. The minimum atomic E-state index is -0.555. The summed E-state index contributed by atoms with van der Waals surface area (Å²) < 4.78 is 0.885. The monoisotopic (exact) mass is 404 g/mol. The Hall–Kier alpha value is -2.72. The molecule has 1 aliphatic heterocycles. The molecular formula is C22H17BrN2O. The highest BCUT2D eigenvalue weighted by Crippen LogP contribution is 2.39. The molecule has 3 aromatic carbocycles. The number of amides is 1. The summed E-state index contributed by atoms with van der Waals surface area (Å²) in [4.78, 5) is 17.5. The van der Waals surface area contributed by atoms with Gasteiger partial charge >= 0.3 is 0 Å². The van der Waals surface area contributed by atoms with Crippen LogP contribution in [-0.4, -0.2) is 11.7 Å². The van der Waals surface area contributed by atoms with Gasteiger partial charge in [0, 0.05) is 10.0 Å². The van der Waals surface area contributed by atoms with E-state index in [4.69, 9.17) is 4.99 Å². The standard InChI is InChI=1S/C22H17BrN2O/c1-22(15-9-3-2-4-10-15)17-12-6-5-11-16(17)20(26)25-21(22)24-19-14-8-7-13-18(19)23/h2-14H,1H3,(H,24,25,26). The summed E-state index contributed by atoms with van der Waals surface area (Å²) >= 11 is 3.54. The largest absolute Gasteiger partial charge is 0.309 e. The zero-order valence-electron chi connectivity index (χ0n) is 14.2. The number of nitrogens with one attached hydrogen (secondary N) is 1. The van der Waals surface area contributed by atoms with Gasteiger partial charge in [-0.1, -0.05) is 60.7 Å². The van der Waals surface area contributed by atoms with E-state index in [1.54, 1.807) is 0 Å². The van der Waals surface area contributed by atoms with E-state index in [0.717, 1.165) is 21.3 Å². The summed E-state index contributed by atoms with van der Waals surface area (Å²) in [5, 5.41) is 3.03. The highest BCUT2D eigenvalue weighted by Gasteiger charge is 2.42. The molecule has 0 saturated carbocycles. The number of aliphatic imine (C=N–C) groups is 1. The Morgan fingerprint density at radius 2 is 1.54 bits per heavy atom. The number of para-hydroxylation sites is 1. The number of benzene rings is 3. The van der Waals surface area contributed by atoms with Gasteiger partial charge in [0.15, 0.2) is 0 Å². The molecule has 0 radical (unpaired) electrons. The van der Waals surface area contributed by atoms with Crippen molar-refractivity contribution in [3.05, 3.63) is 100 Å². The normalized spacial score (nSPS) is 20.5. The van der Waals surface area contributed by atoms with Crippen molar-refractivity contribution in [1.82, 2.24) is 5.32 Å². The number of carbonyl (C=O) groups is 1. The van der Waals surface area contributed by atoms with Crippen molar-refractivity contribution in [2.45, 2.75) is 12.3 Å². The summed E-state index contributed by atoms with van der Waals surface area (Å²) in [6.45, 7) is 2.11. The Labute approximate surface area is 160 Å². The molecule has 26 heavy (non-hydrogen) atoms. The fourth-order valence-electron chi connectivity index (χ4n) is 3.41. The van der Waals surface area contributed by atoms with Crippen LogP contribution in [0.1, 0.15) is 28.4 Å². The molecular weight excluding hydrogens is 388 g/mol. The zero-order valence-corrected chi connectivity index (χ0v) is 15.8. The van der Waals surface area contributed by atoms with Crippen LogP contribution in [-0.2, 0) is 5.41 Å². The van der Waals surface area contributed by atoms with Crippen LogP contribution in [0.2, 0.25) is 0 Å². The molecule has 0 aliphatic carbocycles. The Morgan fingerprint density at radius 3 is 2.31 bits per heavy atom. The van der Waals surface area contributed by atoms with Crippen LogP contribution >= 0.6 is 15.9 Å². The maximum absolute atomic E-state index is 12.7. The third-order valence-electron chi connectivity index (χ3n) is 4.85. The van der Waals surface area contributed by atoms with Gasteiger partial charge in [0.05, 0.1) is 11.1 Å². The van der Waals surface area contributed by atoms with Crippen LogP contribution in [0.4, 0.5) is 5.69 Å². The van der Waals surface area contributed by atoms with Gasteiger partial charge in [0.1, 0.15) is 5.84 Å². The fourth-order valence-corrected chi connectivity index (χ4v) is 3.78. The second-order valence-corrected chi connectivity index (χ2v) is 7.26. The Balaban J connectivity index is 1.99. The van der Waals surface area contributed by atoms with E-state index >= 15 is 0 Å². The molecule has 1 unspecified atom stereocenters. The van der Waals surface area contributed by atoms with E-state index in [9.17, 15) is 4.79 Å². The Morgan fingerprint density at radius 1 is 0.885 bits per heavy atom. The van der Waals surface area contributed by atoms with Gasteiger partial charge in [-0.05, 0) is 52.2 Å². The SMILES string of the molecule is CC1(c2ccccc2)C(=Nc2ccccc2Br)NC(=O)c2ccccc21. The molecule has 0 aromatic heterocycles. The number of halogens is 1. The van der Waals surface area contributed by atoms with Gasteiger partial charge in [-0.2, -0.15) is 0 Å². The molecule has 1 atom stereocenters. The van der Waals surface area contributed by atoms with Gasteiger partial charge in [0.2, 0.25) is 0 Å². The molecule has 1 heterocycles. The van der Waals surface area contributed by atoms with E-state index in [0.29, 0.717) is 11.4 Å². The first-order valence-electron chi connectivity index (χ1n) is 8.41. The van der Waals surface area contributed by atoms with Crippen LogP contribution < -0.4 is 5.32 Å². The lowest BCUT2D eigenvalue weighted by molar-refractivity contribution is 0.0968. The topological polar surface area (TPSA) is 41.5 Å². The first kappa shape index (κ1) is 16.7. The molecule has 0 spiro atoms. The second-order valence-electron chi connectivity index (χ2n) is 6.40. The van der Waals surface area contributed by atoms with Crippen LogP contribution in [0.15, 0.2) is 88.3 Å². The maximum Gasteiger partial charge on any atom is 0.256 e. The molecule has 3 aromatic rings. The number of nitrogens with zero attached hydrogens (tertiary/aromatic N) is 1. The number of fused-ring (bicyclic) bond motifs is 1. The third kappa shape index (κ3) is 2.67. The van der Waals surface area contributed by atoms with Crippen LogP contribution in [0.5, 0.6) is 0 Å². The lowest BCUT2D eigenvalue weighted by atomic mass is 9.71. The van der Waals surface area contributed by atoms with E-state index in [1.165, 1.54) is 0 Å². The third-order valence-corrected chi connectivity index (χ3v) is 5.52. The molecule has 0 fully saturated rings. The van der Waals surface area contributed by atoms with Gasteiger partial charge in [0.25, 0.3) is 5.91 Å². The van der Waals surface area contributed by atoms with Crippen LogP contribution in [0.25, 0.3) is 0 Å². The quantitative estimate of drug-likeness (QED) is 0.624. The highest BCUT2D eigenvalue weighted by atomic mass is 79.9. The van der Waals surface area contributed by atoms with Crippen molar-refractivity contribution in [3.63, 3.8) is 0 Å². The number of hydrogen-bond donors (Lipinski definition) is 1. The lowest BCUT2D eigenvalue weighted by Gasteiger charge is -2.37. The van der Waals surface area contributed by atoms with Crippen molar-refractivity contribution < 1.29 is 4.79 Å². The minimum Gasteiger partial charge on any atom is -0.309 e. The summed E-state index contributed by atoms with van der Waals surface area (Å²) in [5.41, 5.74) is 2.95. The smallest absolute Gasteiger partial charge is 0.256 e. The average molecular weight is 405 g/mol. The van der Waals surface area contributed by atoms with E-state index in [-0.39, 0.29) is 5.91 Å². The molecule has 0 saturated heterocycles. The van der Waals surface area contributed by atoms with Crippen molar-refractivity contribution >= 4 is 33.4 Å². The van der Waals surface area contributed by atoms with Crippen molar-refractivity contribution in [1.29, 1.82) is 0 Å². The van der Waals surface area contributed by atoms with E-state index in [2.05, 4.69) is 40.3 Å². The zero-order chi connectivity index (χ0) is 18.1. The van der Waals surface area contributed by atoms with Gasteiger partial charge < -0.3 is 5.32 Å². The van der Waals surface area contributed by atoms with E-state index < -0.39 is 5.41 Å². The molecule has 1 N–H and O–H groups in total. The number of rotatable bonds is 2. The van der Waals surface area contributed by atoms with Gasteiger partial charge in [-0.15, -0.1) is 0 Å². The Bertz CT molecular complexity index is 1010. The summed E-state index contributed by atoms with van der Waals surface area (Å²) in [6, 6.07) is 25.6. The molecule has 128 valence electrons. The average Bonchev–Trinajstić information content (AvgIpc) is 2.68. The molecule has 1 amide bonds.